The number of aliphatic carboxylic acids is 1. The average Bonchev–Trinajstić information content (AvgIpc) is 2.69. The molecular formula is C19H25N3O5. The molecule has 0 atom stereocenters. The number of carbonyl (C=O) groups excluding carboxylic acids is 2. The first-order valence-corrected chi connectivity index (χ1v) is 9.31. The molecule has 0 bridgehead atoms. The Balaban J connectivity index is 1.58. The number of urea groups is 1. The van der Waals surface area contributed by atoms with E-state index in [-0.39, 0.29) is 23.9 Å². The lowest BCUT2D eigenvalue weighted by atomic mass is 9.86. The van der Waals surface area contributed by atoms with Gasteiger partial charge in [0.05, 0.1) is 30.4 Å². The maximum atomic E-state index is 12.7. The first kappa shape index (κ1) is 19.2. The van der Waals surface area contributed by atoms with Crippen molar-refractivity contribution in [2.24, 2.45) is 5.92 Å². The highest BCUT2D eigenvalue weighted by molar-refractivity contribution is 6.03. The molecule has 2 aliphatic rings. The van der Waals surface area contributed by atoms with Crippen LogP contribution in [0, 0.1) is 5.92 Å². The lowest BCUT2D eigenvalue weighted by Gasteiger charge is -2.28. The van der Waals surface area contributed by atoms with E-state index in [2.05, 4.69) is 10.6 Å². The molecule has 3 amide bonds. The zero-order valence-corrected chi connectivity index (χ0v) is 15.1. The van der Waals surface area contributed by atoms with E-state index in [0.717, 1.165) is 0 Å². The Hall–Kier alpha value is -2.61. The van der Waals surface area contributed by atoms with Crippen molar-refractivity contribution in [3.63, 3.8) is 0 Å². The van der Waals surface area contributed by atoms with Crippen molar-refractivity contribution in [1.29, 1.82) is 0 Å². The lowest BCUT2D eigenvalue weighted by molar-refractivity contribution is -0.142. The Bertz CT molecular complexity index is 694. The molecule has 8 heteroatoms. The highest BCUT2D eigenvalue weighted by atomic mass is 16.5. The molecule has 1 saturated heterocycles. The van der Waals surface area contributed by atoms with Gasteiger partial charge in [0.25, 0.3) is 5.91 Å². The van der Waals surface area contributed by atoms with Gasteiger partial charge in [-0.15, -0.1) is 0 Å². The summed E-state index contributed by atoms with van der Waals surface area (Å²) >= 11 is 0. The second-order valence-corrected chi connectivity index (χ2v) is 6.94. The molecule has 0 spiro atoms. The van der Waals surface area contributed by atoms with E-state index in [4.69, 9.17) is 9.84 Å². The molecule has 1 aliphatic heterocycles. The fourth-order valence-electron chi connectivity index (χ4n) is 3.54. The molecule has 2 fully saturated rings. The quantitative estimate of drug-likeness (QED) is 0.745. The van der Waals surface area contributed by atoms with Crippen molar-refractivity contribution < 1.29 is 24.2 Å². The number of hydrogen-bond acceptors (Lipinski definition) is 4. The first-order chi connectivity index (χ1) is 13.0. The number of rotatable bonds is 4. The highest BCUT2D eigenvalue weighted by Gasteiger charge is 2.27. The number of amides is 3. The molecule has 27 heavy (non-hydrogen) atoms. The van der Waals surface area contributed by atoms with Crippen LogP contribution in [-0.2, 0) is 9.53 Å². The number of nitrogens with zero attached hydrogens (tertiary/aromatic N) is 1. The van der Waals surface area contributed by atoms with Gasteiger partial charge in [0.2, 0.25) is 0 Å². The Morgan fingerprint density at radius 2 is 1.70 bits per heavy atom. The van der Waals surface area contributed by atoms with Crippen molar-refractivity contribution in [3.8, 4) is 0 Å². The number of carboxylic acids is 1. The van der Waals surface area contributed by atoms with Crippen molar-refractivity contribution in [2.45, 2.75) is 31.7 Å². The summed E-state index contributed by atoms with van der Waals surface area (Å²) in [6, 6.07) is 6.51. The standard InChI is InChI=1S/C19H25N3O5/c23-17(22-9-11-27-12-10-22)15-3-1-2-4-16(15)21-19(26)20-14-7-5-13(6-8-14)18(24)25/h1-4,13-14H,5-12H2,(H,24,25)(H2,20,21,26). The van der Waals surface area contributed by atoms with Crippen LogP contribution < -0.4 is 10.6 Å². The van der Waals surface area contributed by atoms with Crippen LogP contribution in [0.5, 0.6) is 0 Å². The van der Waals surface area contributed by atoms with E-state index in [1.54, 1.807) is 29.2 Å². The van der Waals surface area contributed by atoms with Crippen LogP contribution in [0.2, 0.25) is 0 Å². The van der Waals surface area contributed by atoms with Gasteiger partial charge in [-0.2, -0.15) is 0 Å². The van der Waals surface area contributed by atoms with Crippen molar-refractivity contribution in [3.05, 3.63) is 29.8 Å². The summed E-state index contributed by atoms with van der Waals surface area (Å²) < 4.78 is 5.28. The summed E-state index contributed by atoms with van der Waals surface area (Å²) in [7, 11) is 0. The normalized spacial score (nSPS) is 22.7. The van der Waals surface area contributed by atoms with Gasteiger partial charge in [0.15, 0.2) is 0 Å². The van der Waals surface area contributed by atoms with Crippen molar-refractivity contribution >= 4 is 23.6 Å². The second-order valence-electron chi connectivity index (χ2n) is 6.94. The van der Waals surface area contributed by atoms with Gasteiger partial charge in [-0.1, -0.05) is 12.1 Å². The average molecular weight is 375 g/mol. The van der Waals surface area contributed by atoms with E-state index >= 15 is 0 Å². The van der Waals surface area contributed by atoms with Gasteiger partial charge >= 0.3 is 12.0 Å². The van der Waals surface area contributed by atoms with Gasteiger partial charge in [0.1, 0.15) is 0 Å². The smallest absolute Gasteiger partial charge is 0.319 e. The third-order valence-electron chi connectivity index (χ3n) is 5.12. The molecule has 146 valence electrons. The van der Waals surface area contributed by atoms with E-state index in [1.807, 2.05) is 0 Å². The molecule has 1 saturated carbocycles. The zero-order chi connectivity index (χ0) is 19.2. The number of nitrogens with one attached hydrogen (secondary N) is 2. The highest BCUT2D eigenvalue weighted by Crippen LogP contribution is 2.24. The van der Waals surface area contributed by atoms with Gasteiger partial charge in [-0.3, -0.25) is 9.59 Å². The fourth-order valence-corrected chi connectivity index (χ4v) is 3.54. The third kappa shape index (κ3) is 4.97. The van der Waals surface area contributed by atoms with E-state index in [1.165, 1.54) is 0 Å². The maximum Gasteiger partial charge on any atom is 0.319 e. The molecule has 3 N–H and O–H groups in total. The number of benzene rings is 1. The van der Waals surface area contributed by atoms with Crippen molar-refractivity contribution in [1.82, 2.24) is 10.2 Å². The number of carbonyl (C=O) groups is 3. The van der Waals surface area contributed by atoms with Crippen LogP contribution in [0.25, 0.3) is 0 Å². The summed E-state index contributed by atoms with van der Waals surface area (Å²) in [5, 5.41) is 14.7. The monoisotopic (exact) mass is 375 g/mol. The van der Waals surface area contributed by atoms with Crippen LogP contribution in [0.3, 0.4) is 0 Å². The number of para-hydroxylation sites is 1. The number of ether oxygens (including phenoxy) is 1. The lowest BCUT2D eigenvalue weighted by Crippen LogP contribution is -2.42. The van der Waals surface area contributed by atoms with E-state index in [9.17, 15) is 14.4 Å². The van der Waals surface area contributed by atoms with Crippen LogP contribution in [0.15, 0.2) is 24.3 Å². The largest absolute Gasteiger partial charge is 0.481 e. The predicted molar refractivity (Wildman–Crippen MR) is 98.7 cm³/mol. The predicted octanol–water partition coefficient (Wildman–Crippen LogP) is 1.92. The van der Waals surface area contributed by atoms with Crippen LogP contribution in [0.1, 0.15) is 36.0 Å². The molecule has 3 rings (SSSR count). The number of anilines is 1. The molecule has 8 nitrogen and oxygen atoms in total. The number of carboxylic acid groups (broad SMARTS) is 1. The van der Waals surface area contributed by atoms with Gasteiger partial charge in [0, 0.05) is 19.1 Å². The SMILES string of the molecule is O=C(Nc1ccccc1C(=O)N1CCOCC1)NC1CCC(C(=O)O)CC1. The van der Waals surface area contributed by atoms with Gasteiger partial charge < -0.3 is 25.4 Å². The summed E-state index contributed by atoms with van der Waals surface area (Å²) in [6.45, 7) is 2.10. The second kappa shape index (κ2) is 8.85. The van der Waals surface area contributed by atoms with Gasteiger partial charge in [-0.25, -0.2) is 4.79 Å². The summed E-state index contributed by atoms with van der Waals surface area (Å²) in [5.74, 6) is -1.22. The minimum Gasteiger partial charge on any atom is -0.481 e. The summed E-state index contributed by atoms with van der Waals surface area (Å²) in [4.78, 5) is 37.8. The van der Waals surface area contributed by atoms with Crippen LogP contribution in [0.4, 0.5) is 10.5 Å². The molecule has 0 unspecified atom stereocenters. The summed E-state index contributed by atoms with van der Waals surface area (Å²) in [5.41, 5.74) is 0.912. The third-order valence-corrected chi connectivity index (χ3v) is 5.12. The number of morpholine rings is 1. The van der Waals surface area contributed by atoms with Gasteiger partial charge in [-0.05, 0) is 37.8 Å². The van der Waals surface area contributed by atoms with E-state index < -0.39 is 5.97 Å². The van der Waals surface area contributed by atoms with Crippen molar-refractivity contribution in [2.75, 3.05) is 31.6 Å². The zero-order valence-electron chi connectivity index (χ0n) is 15.1. The molecular weight excluding hydrogens is 350 g/mol. The number of hydrogen-bond donors (Lipinski definition) is 3. The summed E-state index contributed by atoms with van der Waals surface area (Å²) in [6.07, 6.45) is 2.40. The Morgan fingerprint density at radius 3 is 2.37 bits per heavy atom. The van der Waals surface area contributed by atoms with Crippen LogP contribution >= 0.6 is 0 Å². The Labute approximate surface area is 157 Å². The molecule has 0 aromatic heterocycles. The van der Waals surface area contributed by atoms with E-state index in [0.29, 0.717) is 63.2 Å². The Kier molecular flexibility index (Phi) is 6.28. The Morgan fingerprint density at radius 1 is 1.04 bits per heavy atom. The minimum atomic E-state index is -0.770. The molecule has 1 aliphatic carbocycles. The van der Waals surface area contributed by atoms with Crippen LogP contribution in [-0.4, -0.2) is 60.3 Å². The minimum absolute atomic E-state index is 0.0530. The molecule has 1 aromatic carbocycles. The molecule has 1 aromatic rings. The fraction of sp³-hybridized carbons (Fsp3) is 0.526. The molecule has 0 radical (unpaired) electrons. The molecule has 1 heterocycles. The topological polar surface area (TPSA) is 108 Å². The first-order valence-electron chi connectivity index (χ1n) is 9.31. The maximum absolute atomic E-state index is 12.7.